The lowest BCUT2D eigenvalue weighted by Gasteiger charge is -2.14. The lowest BCUT2D eigenvalue weighted by Crippen LogP contribution is -2.01. The average Bonchev–Trinajstić information content (AvgIpc) is 2.62. The van der Waals surface area contributed by atoms with Crippen LogP contribution >= 0.6 is 11.6 Å². The fraction of sp³-hybridized carbons (Fsp3) is 0.100. The van der Waals surface area contributed by atoms with Gasteiger partial charge in [0, 0.05) is 21.7 Å². The van der Waals surface area contributed by atoms with Gasteiger partial charge in [-0.1, -0.05) is 48.0 Å². The molecule has 0 aliphatic heterocycles. The number of benzene rings is 2. The number of pyridine rings is 1. The van der Waals surface area contributed by atoms with Crippen LogP contribution in [0.4, 0.5) is 5.82 Å². The van der Waals surface area contributed by atoms with Crippen molar-refractivity contribution >= 4 is 17.4 Å². The Balaban J connectivity index is 2.27. The Morgan fingerprint density at radius 3 is 2.44 bits per heavy atom. The SMILES string of the molecule is CCOc1ccccc1-c1cc(-c2ccccc2Cl)nc(N)c1C#N. The van der Waals surface area contributed by atoms with Gasteiger partial charge in [-0.2, -0.15) is 5.26 Å². The van der Waals surface area contributed by atoms with Crippen LogP contribution in [-0.4, -0.2) is 11.6 Å². The third kappa shape index (κ3) is 3.28. The van der Waals surface area contributed by atoms with E-state index in [-0.39, 0.29) is 5.82 Å². The van der Waals surface area contributed by atoms with Gasteiger partial charge in [0.15, 0.2) is 0 Å². The number of hydrogen-bond donors (Lipinski definition) is 1. The van der Waals surface area contributed by atoms with E-state index in [1.807, 2.05) is 55.5 Å². The monoisotopic (exact) mass is 349 g/mol. The van der Waals surface area contributed by atoms with E-state index in [4.69, 9.17) is 22.1 Å². The number of nitrogens with two attached hydrogens (primary N) is 1. The maximum Gasteiger partial charge on any atom is 0.142 e. The molecule has 0 saturated heterocycles. The molecule has 2 aromatic carbocycles. The summed E-state index contributed by atoms with van der Waals surface area (Å²) < 4.78 is 5.70. The lowest BCUT2D eigenvalue weighted by atomic mass is 9.97. The van der Waals surface area contributed by atoms with Crippen LogP contribution in [0.25, 0.3) is 22.4 Å². The molecule has 0 bridgehead atoms. The number of para-hydroxylation sites is 1. The summed E-state index contributed by atoms with van der Waals surface area (Å²) >= 11 is 6.29. The van der Waals surface area contributed by atoms with Gasteiger partial charge in [-0.3, -0.25) is 0 Å². The quantitative estimate of drug-likeness (QED) is 0.725. The van der Waals surface area contributed by atoms with Crippen LogP contribution in [0.3, 0.4) is 0 Å². The first-order chi connectivity index (χ1) is 12.2. The number of nitriles is 1. The van der Waals surface area contributed by atoms with Crippen molar-refractivity contribution in [2.45, 2.75) is 6.92 Å². The first-order valence-electron chi connectivity index (χ1n) is 7.83. The van der Waals surface area contributed by atoms with Crippen molar-refractivity contribution in [3.05, 3.63) is 65.2 Å². The fourth-order valence-corrected chi connectivity index (χ4v) is 2.90. The predicted molar refractivity (Wildman–Crippen MR) is 100 cm³/mol. The minimum atomic E-state index is 0.168. The van der Waals surface area contributed by atoms with Crippen molar-refractivity contribution in [3.8, 4) is 34.2 Å². The van der Waals surface area contributed by atoms with E-state index in [2.05, 4.69) is 11.1 Å². The molecule has 1 heterocycles. The van der Waals surface area contributed by atoms with E-state index in [1.54, 1.807) is 6.07 Å². The Morgan fingerprint density at radius 2 is 1.76 bits per heavy atom. The summed E-state index contributed by atoms with van der Waals surface area (Å²) in [5.74, 6) is 0.860. The Hall–Kier alpha value is -3.03. The highest BCUT2D eigenvalue weighted by atomic mass is 35.5. The summed E-state index contributed by atoms with van der Waals surface area (Å²) in [5.41, 5.74) is 9.23. The van der Waals surface area contributed by atoms with Crippen LogP contribution in [0.1, 0.15) is 12.5 Å². The lowest BCUT2D eigenvalue weighted by molar-refractivity contribution is 0.341. The normalized spacial score (nSPS) is 10.3. The van der Waals surface area contributed by atoms with E-state index < -0.39 is 0 Å². The van der Waals surface area contributed by atoms with Crippen molar-refractivity contribution in [2.24, 2.45) is 0 Å². The van der Waals surface area contributed by atoms with Gasteiger partial charge in [0.25, 0.3) is 0 Å². The Bertz CT molecular complexity index is 963. The summed E-state index contributed by atoms with van der Waals surface area (Å²) in [6.45, 7) is 2.44. The molecule has 0 unspecified atom stereocenters. The zero-order valence-corrected chi connectivity index (χ0v) is 14.4. The summed E-state index contributed by atoms with van der Waals surface area (Å²) in [6, 6.07) is 18.9. The van der Waals surface area contributed by atoms with Gasteiger partial charge < -0.3 is 10.5 Å². The van der Waals surface area contributed by atoms with Crippen molar-refractivity contribution in [2.75, 3.05) is 12.3 Å². The predicted octanol–water partition coefficient (Wildman–Crippen LogP) is 4.92. The number of ether oxygens (including phenoxy) is 1. The van der Waals surface area contributed by atoms with Gasteiger partial charge in [-0.25, -0.2) is 4.98 Å². The molecule has 5 heteroatoms. The maximum absolute atomic E-state index is 9.56. The molecule has 124 valence electrons. The number of nitrogens with zero attached hydrogens (tertiary/aromatic N) is 2. The van der Waals surface area contributed by atoms with Crippen molar-refractivity contribution in [3.63, 3.8) is 0 Å². The second-order valence-electron chi connectivity index (χ2n) is 5.34. The number of nitrogen functional groups attached to an aromatic ring is 1. The van der Waals surface area contributed by atoms with E-state index in [0.717, 1.165) is 11.1 Å². The summed E-state index contributed by atoms with van der Waals surface area (Å²) in [6.07, 6.45) is 0. The number of hydrogen-bond acceptors (Lipinski definition) is 4. The van der Waals surface area contributed by atoms with Crippen molar-refractivity contribution < 1.29 is 4.74 Å². The highest BCUT2D eigenvalue weighted by Crippen LogP contribution is 2.37. The van der Waals surface area contributed by atoms with Crippen molar-refractivity contribution in [1.29, 1.82) is 5.26 Å². The smallest absolute Gasteiger partial charge is 0.142 e. The van der Waals surface area contributed by atoms with Gasteiger partial charge in [-0.15, -0.1) is 0 Å². The molecule has 0 amide bonds. The largest absolute Gasteiger partial charge is 0.493 e. The highest BCUT2D eigenvalue weighted by Gasteiger charge is 2.17. The zero-order valence-electron chi connectivity index (χ0n) is 13.7. The molecule has 0 fully saturated rings. The molecule has 3 rings (SSSR count). The van der Waals surface area contributed by atoms with E-state index in [9.17, 15) is 5.26 Å². The van der Waals surface area contributed by atoms with Crippen LogP contribution in [0, 0.1) is 11.3 Å². The molecule has 0 aliphatic rings. The number of anilines is 1. The minimum Gasteiger partial charge on any atom is -0.493 e. The Morgan fingerprint density at radius 1 is 1.08 bits per heavy atom. The molecule has 3 aromatic rings. The number of halogens is 1. The molecule has 25 heavy (non-hydrogen) atoms. The molecular formula is C20H16ClN3O. The van der Waals surface area contributed by atoms with Crippen LogP contribution in [-0.2, 0) is 0 Å². The van der Waals surface area contributed by atoms with Gasteiger partial charge >= 0.3 is 0 Å². The average molecular weight is 350 g/mol. The van der Waals surface area contributed by atoms with Crippen molar-refractivity contribution in [1.82, 2.24) is 4.98 Å². The van der Waals surface area contributed by atoms with Crippen LogP contribution in [0.15, 0.2) is 54.6 Å². The summed E-state index contributed by atoms with van der Waals surface area (Å²) in [4.78, 5) is 4.37. The molecule has 0 radical (unpaired) electrons. The van der Waals surface area contributed by atoms with Gasteiger partial charge in [0.1, 0.15) is 23.2 Å². The van der Waals surface area contributed by atoms with Gasteiger partial charge in [-0.05, 0) is 25.1 Å². The molecular weight excluding hydrogens is 334 g/mol. The number of aromatic nitrogens is 1. The maximum atomic E-state index is 9.56. The Kier molecular flexibility index (Phi) is 4.87. The molecule has 0 saturated carbocycles. The summed E-state index contributed by atoms with van der Waals surface area (Å²) in [7, 11) is 0. The second-order valence-corrected chi connectivity index (χ2v) is 5.74. The Labute approximate surface area is 151 Å². The topological polar surface area (TPSA) is 71.9 Å². The van der Waals surface area contributed by atoms with Gasteiger partial charge in [0.2, 0.25) is 0 Å². The van der Waals surface area contributed by atoms with E-state index >= 15 is 0 Å². The first-order valence-corrected chi connectivity index (χ1v) is 8.21. The number of rotatable bonds is 4. The molecule has 4 nitrogen and oxygen atoms in total. The standard InChI is InChI=1S/C20H16ClN3O/c1-2-25-19-10-6-4-7-13(19)15-11-18(24-20(23)16(15)12-22)14-8-3-5-9-17(14)21/h3-11H,2H2,1H3,(H2,23,24). The van der Waals surface area contributed by atoms with E-state index in [0.29, 0.717) is 34.2 Å². The highest BCUT2D eigenvalue weighted by molar-refractivity contribution is 6.33. The molecule has 0 aliphatic carbocycles. The third-order valence-electron chi connectivity index (χ3n) is 3.79. The van der Waals surface area contributed by atoms with Gasteiger partial charge in [0.05, 0.1) is 12.3 Å². The van der Waals surface area contributed by atoms with Crippen LogP contribution in [0.2, 0.25) is 5.02 Å². The van der Waals surface area contributed by atoms with E-state index in [1.165, 1.54) is 0 Å². The third-order valence-corrected chi connectivity index (χ3v) is 4.12. The molecule has 2 N–H and O–H groups in total. The van der Waals surface area contributed by atoms with Crippen LogP contribution in [0.5, 0.6) is 5.75 Å². The second kappa shape index (κ2) is 7.25. The van der Waals surface area contributed by atoms with Crippen LogP contribution < -0.4 is 10.5 Å². The summed E-state index contributed by atoms with van der Waals surface area (Å²) in [5, 5.41) is 10.1. The molecule has 0 atom stereocenters. The minimum absolute atomic E-state index is 0.168. The molecule has 0 spiro atoms. The fourth-order valence-electron chi connectivity index (χ4n) is 2.67. The zero-order chi connectivity index (χ0) is 17.8. The first kappa shape index (κ1) is 16.8. The molecule has 1 aromatic heterocycles.